The first-order chi connectivity index (χ1) is 15.4. The number of aromatic nitrogens is 2. The van der Waals surface area contributed by atoms with Crippen molar-refractivity contribution < 1.29 is 9.90 Å². The molecule has 1 aromatic heterocycles. The molecule has 0 amide bonds. The van der Waals surface area contributed by atoms with Crippen LogP contribution in [0, 0.1) is 0 Å². The minimum atomic E-state index is -1.04. The zero-order chi connectivity index (χ0) is 22.5. The van der Waals surface area contributed by atoms with E-state index in [0.717, 1.165) is 10.9 Å². The number of rotatable bonds is 5. The summed E-state index contributed by atoms with van der Waals surface area (Å²) in [6.07, 6.45) is 2.45. The fourth-order valence-electron chi connectivity index (χ4n) is 4.06. The maximum absolute atomic E-state index is 13.3. The molecule has 160 valence electrons. The molecule has 3 aromatic carbocycles. The Balaban J connectivity index is 1.71. The zero-order valence-electron chi connectivity index (χ0n) is 18.1. The molecular weight excluding hydrogens is 400 g/mol. The fourth-order valence-corrected chi connectivity index (χ4v) is 4.06. The first-order valence-corrected chi connectivity index (χ1v) is 10.8. The van der Waals surface area contributed by atoms with Gasteiger partial charge in [-0.2, -0.15) is 9.78 Å². The van der Waals surface area contributed by atoms with Gasteiger partial charge < -0.3 is 5.11 Å². The first kappa shape index (κ1) is 20.2. The van der Waals surface area contributed by atoms with Crippen LogP contribution < -0.4 is 5.56 Å². The van der Waals surface area contributed by atoms with Crippen LogP contribution in [0.15, 0.2) is 77.6 Å². The Morgan fingerprint density at radius 1 is 0.969 bits per heavy atom. The average Bonchev–Trinajstić information content (AvgIpc) is 3.65. The quantitative estimate of drug-likeness (QED) is 0.472. The predicted molar refractivity (Wildman–Crippen MR) is 125 cm³/mol. The van der Waals surface area contributed by atoms with E-state index in [1.807, 2.05) is 60.7 Å². The molecule has 0 unspecified atom stereocenters. The van der Waals surface area contributed by atoms with Gasteiger partial charge in [0, 0.05) is 10.9 Å². The summed E-state index contributed by atoms with van der Waals surface area (Å²) in [5.41, 5.74) is 2.90. The molecule has 0 aliphatic heterocycles. The Kier molecular flexibility index (Phi) is 4.70. The van der Waals surface area contributed by atoms with E-state index in [9.17, 15) is 14.7 Å². The Bertz CT molecular complexity index is 1400. The molecule has 0 saturated heterocycles. The number of aliphatic carboxylic acids is 1. The SMILES string of the molecule is CC(C)(C(=O)O)c1cccc(-c2nn(-c3ccc(C4CC4)cc3)c(=O)c3ccccc23)c1. The molecule has 1 heterocycles. The van der Waals surface area contributed by atoms with Crippen molar-refractivity contribution in [2.45, 2.75) is 38.0 Å². The van der Waals surface area contributed by atoms with Crippen molar-refractivity contribution in [3.63, 3.8) is 0 Å². The summed E-state index contributed by atoms with van der Waals surface area (Å²) < 4.78 is 1.45. The molecule has 1 N–H and O–H groups in total. The number of benzene rings is 3. The third-order valence-corrected chi connectivity index (χ3v) is 6.38. The molecule has 1 aliphatic rings. The predicted octanol–water partition coefficient (Wildman–Crippen LogP) is 5.29. The van der Waals surface area contributed by atoms with Gasteiger partial charge in [0.15, 0.2) is 0 Å². The number of carboxylic acids is 1. The first-order valence-electron chi connectivity index (χ1n) is 10.8. The Labute approximate surface area is 186 Å². The molecule has 0 spiro atoms. The second kappa shape index (κ2) is 7.45. The lowest BCUT2D eigenvalue weighted by Crippen LogP contribution is -2.28. The minimum Gasteiger partial charge on any atom is -0.481 e. The van der Waals surface area contributed by atoms with Crippen molar-refractivity contribution >= 4 is 16.7 Å². The number of carbonyl (C=O) groups is 1. The number of hydrogen-bond acceptors (Lipinski definition) is 3. The Morgan fingerprint density at radius 3 is 2.31 bits per heavy atom. The standard InChI is InChI=1S/C27H24N2O3/c1-27(2,26(31)32)20-7-5-6-19(16-20)24-22-8-3-4-9-23(22)25(30)29(28-24)21-14-12-18(13-15-21)17-10-11-17/h3-9,12-17H,10-11H2,1-2H3,(H,31,32). The number of carboxylic acid groups (broad SMARTS) is 1. The molecule has 5 rings (SSSR count). The van der Waals surface area contributed by atoms with Gasteiger partial charge in [-0.05, 0) is 68.0 Å². The molecule has 1 fully saturated rings. The van der Waals surface area contributed by atoms with Gasteiger partial charge in [-0.1, -0.05) is 48.5 Å². The summed E-state index contributed by atoms with van der Waals surface area (Å²) in [7, 11) is 0. The van der Waals surface area contributed by atoms with Crippen LogP contribution in [0.3, 0.4) is 0 Å². The largest absolute Gasteiger partial charge is 0.481 e. The number of nitrogens with zero attached hydrogens (tertiary/aromatic N) is 2. The van der Waals surface area contributed by atoms with Crippen molar-refractivity contribution in [3.8, 4) is 16.9 Å². The fraction of sp³-hybridized carbons (Fsp3) is 0.222. The normalized spacial score (nSPS) is 13.9. The summed E-state index contributed by atoms with van der Waals surface area (Å²) >= 11 is 0. The van der Waals surface area contributed by atoms with Gasteiger partial charge in [-0.25, -0.2) is 0 Å². The van der Waals surface area contributed by atoms with Gasteiger partial charge in [0.2, 0.25) is 0 Å². The Morgan fingerprint density at radius 2 is 1.66 bits per heavy atom. The van der Waals surface area contributed by atoms with Crippen LogP contribution in [-0.4, -0.2) is 20.9 Å². The van der Waals surface area contributed by atoms with E-state index in [1.165, 1.54) is 23.1 Å². The van der Waals surface area contributed by atoms with Crippen molar-refractivity contribution in [2.75, 3.05) is 0 Å². The molecule has 0 atom stereocenters. The molecule has 0 bridgehead atoms. The van der Waals surface area contributed by atoms with E-state index >= 15 is 0 Å². The third-order valence-electron chi connectivity index (χ3n) is 6.38. The smallest absolute Gasteiger partial charge is 0.313 e. The van der Waals surface area contributed by atoms with Gasteiger partial charge in [0.05, 0.1) is 22.2 Å². The lowest BCUT2D eigenvalue weighted by molar-refractivity contribution is -0.142. The van der Waals surface area contributed by atoms with E-state index in [4.69, 9.17) is 5.10 Å². The molecule has 5 heteroatoms. The molecule has 1 aliphatic carbocycles. The maximum atomic E-state index is 13.3. The van der Waals surface area contributed by atoms with Crippen LogP contribution in [0.1, 0.15) is 43.7 Å². The van der Waals surface area contributed by atoms with Gasteiger partial charge in [0.1, 0.15) is 0 Å². The van der Waals surface area contributed by atoms with E-state index in [-0.39, 0.29) is 5.56 Å². The van der Waals surface area contributed by atoms with Gasteiger partial charge >= 0.3 is 5.97 Å². The van der Waals surface area contributed by atoms with Crippen LogP contribution >= 0.6 is 0 Å². The van der Waals surface area contributed by atoms with E-state index < -0.39 is 11.4 Å². The molecule has 5 nitrogen and oxygen atoms in total. The van der Waals surface area contributed by atoms with Crippen molar-refractivity contribution in [3.05, 3.63) is 94.3 Å². The van der Waals surface area contributed by atoms with Crippen molar-refractivity contribution in [1.82, 2.24) is 9.78 Å². The summed E-state index contributed by atoms with van der Waals surface area (Å²) in [5, 5.41) is 15.7. The molecular formula is C27H24N2O3. The second-order valence-electron chi connectivity index (χ2n) is 8.99. The van der Waals surface area contributed by atoms with Crippen LogP contribution in [-0.2, 0) is 10.2 Å². The number of hydrogen-bond donors (Lipinski definition) is 1. The number of fused-ring (bicyclic) bond motifs is 1. The molecule has 32 heavy (non-hydrogen) atoms. The van der Waals surface area contributed by atoms with E-state index in [1.54, 1.807) is 13.8 Å². The Hall–Kier alpha value is -3.73. The van der Waals surface area contributed by atoms with Crippen LogP contribution in [0.2, 0.25) is 0 Å². The average molecular weight is 425 g/mol. The summed E-state index contributed by atoms with van der Waals surface area (Å²) in [4.78, 5) is 25.1. The van der Waals surface area contributed by atoms with Crippen LogP contribution in [0.4, 0.5) is 0 Å². The highest BCUT2D eigenvalue weighted by atomic mass is 16.4. The third kappa shape index (κ3) is 3.40. The highest BCUT2D eigenvalue weighted by molar-refractivity contribution is 5.94. The van der Waals surface area contributed by atoms with Crippen molar-refractivity contribution in [2.24, 2.45) is 0 Å². The van der Waals surface area contributed by atoms with Crippen molar-refractivity contribution in [1.29, 1.82) is 0 Å². The van der Waals surface area contributed by atoms with Crippen LogP contribution in [0.5, 0.6) is 0 Å². The highest BCUT2D eigenvalue weighted by Crippen LogP contribution is 2.40. The lowest BCUT2D eigenvalue weighted by Gasteiger charge is -2.20. The summed E-state index contributed by atoms with van der Waals surface area (Å²) in [6, 6.07) is 22.9. The molecule has 1 saturated carbocycles. The van der Waals surface area contributed by atoms with Gasteiger partial charge in [0.25, 0.3) is 5.56 Å². The summed E-state index contributed by atoms with van der Waals surface area (Å²) in [5.74, 6) is -0.255. The monoisotopic (exact) mass is 424 g/mol. The second-order valence-corrected chi connectivity index (χ2v) is 8.99. The van der Waals surface area contributed by atoms with E-state index in [0.29, 0.717) is 28.2 Å². The van der Waals surface area contributed by atoms with Gasteiger partial charge in [-0.15, -0.1) is 0 Å². The summed E-state index contributed by atoms with van der Waals surface area (Å²) in [6.45, 7) is 3.37. The molecule has 4 aromatic rings. The maximum Gasteiger partial charge on any atom is 0.313 e. The molecule has 0 radical (unpaired) electrons. The highest BCUT2D eigenvalue weighted by Gasteiger charge is 2.30. The van der Waals surface area contributed by atoms with Gasteiger partial charge in [-0.3, -0.25) is 9.59 Å². The minimum absolute atomic E-state index is 0.175. The van der Waals surface area contributed by atoms with E-state index in [2.05, 4.69) is 12.1 Å². The van der Waals surface area contributed by atoms with Crippen LogP contribution in [0.25, 0.3) is 27.7 Å². The lowest BCUT2D eigenvalue weighted by atomic mass is 9.83. The zero-order valence-corrected chi connectivity index (χ0v) is 18.1. The topological polar surface area (TPSA) is 72.2 Å².